The van der Waals surface area contributed by atoms with E-state index in [0.717, 1.165) is 25.7 Å². The second-order valence-electron chi connectivity index (χ2n) is 6.67. The molecule has 0 spiro atoms. The summed E-state index contributed by atoms with van der Waals surface area (Å²) >= 11 is 0. The van der Waals surface area contributed by atoms with Crippen LogP contribution in [0.5, 0.6) is 0 Å². The van der Waals surface area contributed by atoms with Crippen LogP contribution in [0.3, 0.4) is 0 Å². The third kappa shape index (κ3) is 4.91. The Labute approximate surface area is 156 Å². The van der Waals surface area contributed by atoms with Gasteiger partial charge >= 0.3 is 0 Å². The molecule has 0 saturated heterocycles. The van der Waals surface area contributed by atoms with Crippen molar-refractivity contribution < 1.29 is 14.5 Å². The molecule has 140 valence electrons. The van der Waals surface area contributed by atoms with Crippen LogP contribution in [-0.4, -0.2) is 16.7 Å². The SMILES string of the molecule is O=C(Nc1cccc([N+](=O)[O-])c1)c1cccc(NC(=O)C2CCCCC2)c1. The van der Waals surface area contributed by atoms with E-state index in [1.807, 2.05) is 0 Å². The first-order valence-corrected chi connectivity index (χ1v) is 8.99. The molecule has 0 aliphatic heterocycles. The number of non-ortho nitro benzene ring substituents is 1. The summed E-state index contributed by atoms with van der Waals surface area (Å²) < 4.78 is 0. The lowest BCUT2D eigenvalue weighted by molar-refractivity contribution is -0.384. The van der Waals surface area contributed by atoms with Gasteiger partial charge in [-0.05, 0) is 37.1 Å². The third-order valence-electron chi connectivity index (χ3n) is 4.68. The average Bonchev–Trinajstić information content (AvgIpc) is 2.69. The van der Waals surface area contributed by atoms with Gasteiger partial charge in [0, 0.05) is 35.0 Å². The molecule has 2 N–H and O–H groups in total. The molecule has 3 rings (SSSR count). The van der Waals surface area contributed by atoms with Crippen LogP contribution in [-0.2, 0) is 4.79 Å². The van der Waals surface area contributed by atoms with Gasteiger partial charge in [0.25, 0.3) is 11.6 Å². The van der Waals surface area contributed by atoms with Crippen molar-refractivity contribution in [3.05, 3.63) is 64.2 Å². The highest BCUT2D eigenvalue weighted by molar-refractivity contribution is 6.05. The number of carbonyl (C=O) groups is 2. The molecule has 1 aliphatic rings. The molecule has 1 fully saturated rings. The summed E-state index contributed by atoms with van der Waals surface area (Å²) in [5.41, 5.74) is 1.17. The van der Waals surface area contributed by atoms with Gasteiger partial charge in [0.05, 0.1) is 4.92 Å². The van der Waals surface area contributed by atoms with Crippen LogP contribution in [0.1, 0.15) is 42.5 Å². The zero-order valence-corrected chi connectivity index (χ0v) is 14.8. The number of benzene rings is 2. The van der Waals surface area contributed by atoms with Crippen LogP contribution >= 0.6 is 0 Å². The number of nitro groups is 1. The number of hydrogen-bond donors (Lipinski definition) is 2. The van der Waals surface area contributed by atoms with Crippen LogP contribution in [0, 0.1) is 16.0 Å². The molecule has 0 bridgehead atoms. The first-order valence-electron chi connectivity index (χ1n) is 8.99. The molecule has 2 aromatic carbocycles. The van der Waals surface area contributed by atoms with Crippen molar-refractivity contribution in [3.63, 3.8) is 0 Å². The number of nitrogens with one attached hydrogen (secondary N) is 2. The number of rotatable bonds is 5. The van der Waals surface area contributed by atoms with E-state index in [1.54, 1.807) is 30.3 Å². The standard InChI is InChI=1S/C20H21N3O4/c24-19(14-6-2-1-3-7-14)21-16-9-4-8-15(12-16)20(25)22-17-10-5-11-18(13-17)23(26)27/h4-5,8-14H,1-3,6-7H2,(H,21,24)(H,22,25). The molecule has 0 heterocycles. The first kappa shape index (κ1) is 18.6. The predicted molar refractivity (Wildman–Crippen MR) is 103 cm³/mol. The maximum Gasteiger partial charge on any atom is 0.271 e. The monoisotopic (exact) mass is 367 g/mol. The van der Waals surface area contributed by atoms with Crippen LogP contribution in [0.15, 0.2) is 48.5 Å². The van der Waals surface area contributed by atoms with Crippen molar-refractivity contribution in [1.82, 2.24) is 0 Å². The third-order valence-corrected chi connectivity index (χ3v) is 4.68. The van der Waals surface area contributed by atoms with Crippen molar-refractivity contribution in [3.8, 4) is 0 Å². The van der Waals surface area contributed by atoms with Crippen LogP contribution in [0.25, 0.3) is 0 Å². The lowest BCUT2D eigenvalue weighted by atomic mass is 9.88. The number of nitrogens with zero attached hydrogens (tertiary/aromatic N) is 1. The molecule has 1 aliphatic carbocycles. The van der Waals surface area contributed by atoms with Crippen molar-refractivity contribution in [2.45, 2.75) is 32.1 Å². The molecule has 27 heavy (non-hydrogen) atoms. The van der Waals surface area contributed by atoms with Crippen LogP contribution in [0.2, 0.25) is 0 Å². The Hall–Kier alpha value is -3.22. The Kier molecular flexibility index (Phi) is 5.80. The Morgan fingerprint density at radius 2 is 1.59 bits per heavy atom. The molecule has 1 saturated carbocycles. The lowest BCUT2D eigenvalue weighted by Gasteiger charge is -2.20. The van der Waals surface area contributed by atoms with Crippen LogP contribution in [0.4, 0.5) is 17.1 Å². The van der Waals surface area contributed by atoms with Gasteiger partial charge in [-0.15, -0.1) is 0 Å². The molecule has 2 amide bonds. The fraction of sp³-hybridized carbons (Fsp3) is 0.300. The fourth-order valence-electron chi connectivity index (χ4n) is 3.25. The Morgan fingerprint density at radius 1 is 0.926 bits per heavy atom. The molecule has 0 aromatic heterocycles. The number of amides is 2. The van der Waals surface area contributed by atoms with Crippen molar-refractivity contribution in [1.29, 1.82) is 0 Å². The highest BCUT2D eigenvalue weighted by Gasteiger charge is 2.21. The van der Waals surface area contributed by atoms with Gasteiger partial charge in [-0.1, -0.05) is 31.4 Å². The summed E-state index contributed by atoms with van der Waals surface area (Å²) in [6, 6.07) is 12.4. The van der Waals surface area contributed by atoms with E-state index in [2.05, 4.69) is 10.6 Å². The van der Waals surface area contributed by atoms with Gasteiger partial charge in [0.1, 0.15) is 0 Å². The normalized spacial score (nSPS) is 14.4. The topological polar surface area (TPSA) is 101 Å². The van der Waals surface area contributed by atoms with Crippen molar-refractivity contribution in [2.75, 3.05) is 10.6 Å². The minimum Gasteiger partial charge on any atom is -0.326 e. The first-order chi connectivity index (χ1) is 13.0. The van der Waals surface area contributed by atoms with Gasteiger partial charge in [0.15, 0.2) is 0 Å². The van der Waals surface area contributed by atoms with E-state index in [0.29, 0.717) is 16.9 Å². The van der Waals surface area contributed by atoms with E-state index in [4.69, 9.17) is 0 Å². The fourth-order valence-corrected chi connectivity index (χ4v) is 3.25. The van der Waals surface area contributed by atoms with Gasteiger partial charge in [-0.2, -0.15) is 0 Å². The molecule has 0 unspecified atom stereocenters. The molecular weight excluding hydrogens is 346 g/mol. The maximum absolute atomic E-state index is 12.4. The number of anilines is 2. The molecule has 7 heteroatoms. The molecule has 0 radical (unpaired) electrons. The molecular formula is C20H21N3O4. The minimum atomic E-state index is -0.517. The van der Waals surface area contributed by atoms with Gasteiger partial charge < -0.3 is 10.6 Å². The average molecular weight is 367 g/mol. The van der Waals surface area contributed by atoms with E-state index < -0.39 is 10.8 Å². The quantitative estimate of drug-likeness (QED) is 0.605. The molecule has 2 aromatic rings. The number of nitro benzene ring substituents is 1. The summed E-state index contributed by atoms with van der Waals surface area (Å²) in [5.74, 6) is -0.378. The van der Waals surface area contributed by atoms with Crippen LogP contribution < -0.4 is 10.6 Å². The van der Waals surface area contributed by atoms with E-state index in [-0.39, 0.29) is 17.5 Å². The van der Waals surface area contributed by atoms with Gasteiger partial charge in [0.2, 0.25) is 5.91 Å². The zero-order chi connectivity index (χ0) is 19.2. The highest BCUT2D eigenvalue weighted by Crippen LogP contribution is 2.25. The van der Waals surface area contributed by atoms with Crippen molar-refractivity contribution in [2.24, 2.45) is 5.92 Å². The summed E-state index contributed by atoms with van der Waals surface area (Å²) in [7, 11) is 0. The molecule has 7 nitrogen and oxygen atoms in total. The van der Waals surface area contributed by atoms with Crippen molar-refractivity contribution >= 4 is 28.9 Å². The summed E-state index contributed by atoms with van der Waals surface area (Å²) in [4.78, 5) is 35.1. The van der Waals surface area contributed by atoms with E-state index in [9.17, 15) is 19.7 Å². The lowest BCUT2D eigenvalue weighted by Crippen LogP contribution is -2.24. The highest BCUT2D eigenvalue weighted by atomic mass is 16.6. The van der Waals surface area contributed by atoms with E-state index in [1.165, 1.54) is 24.6 Å². The minimum absolute atomic E-state index is 0.00839. The predicted octanol–water partition coefficient (Wildman–Crippen LogP) is 4.37. The smallest absolute Gasteiger partial charge is 0.271 e. The number of carbonyl (C=O) groups excluding carboxylic acids is 2. The zero-order valence-electron chi connectivity index (χ0n) is 14.8. The summed E-state index contributed by atoms with van der Waals surface area (Å²) in [6.45, 7) is 0. The Morgan fingerprint density at radius 3 is 2.30 bits per heavy atom. The van der Waals surface area contributed by atoms with Gasteiger partial charge in [-0.25, -0.2) is 0 Å². The summed E-state index contributed by atoms with van der Waals surface area (Å²) in [6.07, 6.45) is 5.13. The maximum atomic E-state index is 12.4. The largest absolute Gasteiger partial charge is 0.326 e. The Balaban J connectivity index is 1.67. The van der Waals surface area contributed by atoms with E-state index >= 15 is 0 Å². The Bertz CT molecular complexity index is 860. The summed E-state index contributed by atoms with van der Waals surface area (Å²) in [5, 5.41) is 16.4. The second kappa shape index (κ2) is 8.44. The molecule has 0 atom stereocenters. The number of hydrogen-bond acceptors (Lipinski definition) is 4. The van der Waals surface area contributed by atoms with Gasteiger partial charge in [-0.3, -0.25) is 19.7 Å². The second-order valence-corrected chi connectivity index (χ2v) is 6.67.